The van der Waals surface area contributed by atoms with Crippen LogP contribution in [0.15, 0.2) is 40.9 Å². The van der Waals surface area contributed by atoms with Crippen molar-refractivity contribution >= 4 is 33.7 Å². The molecule has 0 radical (unpaired) electrons. The summed E-state index contributed by atoms with van der Waals surface area (Å²) in [5, 5.41) is 9.77. The van der Waals surface area contributed by atoms with Crippen molar-refractivity contribution < 1.29 is 4.79 Å². The van der Waals surface area contributed by atoms with Gasteiger partial charge in [-0.25, -0.2) is 0 Å². The predicted molar refractivity (Wildman–Crippen MR) is 89.1 cm³/mol. The third-order valence-corrected chi connectivity index (χ3v) is 3.68. The molecule has 1 aromatic carbocycles. The standard InChI is InChI=1S/C16H18BrN3O/c1-16(2,3)13-10-14(20-19-13)18-15(21)9-8-11-6-4-5-7-12(11)17/h4-10H,1-3H3,(H2,18,19,20,21)/b9-8+. The van der Waals surface area contributed by atoms with Crippen LogP contribution in [0.25, 0.3) is 6.08 Å². The third-order valence-electron chi connectivity index (χ3n) is 2.96. The number of aromatic amines is 1. The molecule has 4 nitrogen and oxygen atoms in total. The average Bonchev–Trinajstić information content (AvgIpc) is 2.86. The number of amides is 1. The molecule has 0 aliphatic rings. The van der Waals surface area contributed by atoms with E-state index >= 15 is 0 Å². The molecule has 110 valence electrons. The first-order chi connectivity index (χ1) is 9.86. The minimum absolute atomic E-state index is 0.0271. The van der Waals surface area contributed by atoms with Gasteiger partial charge in [-0.05, 0) is 17.7 Å². The second-order valence-electron chi connectivity index (χ2n) is 5.76. The monoisotopic (exact) mass is 347 g/mol. The van der Waals surface area contributed by atoms with Crippen LogP contribution in [0.1, 0.15) is 32.0 Å². The van der Waals surface area contributed by atoms with E-state index in [0.29, 0.717) is 5.82 Å². The lowest BCUT2D eigenvalue weighted by Crippen LogP contribution is -2.11. The van der Waals surface area contributed by atoms with Crippen molar-refractivity contribution in [3.8, 4) is 0 Å². The van der Waals surface area contributed by atoms with Gasteiger partial charge >= 0.3 is 0 Å². The average molecular weight is 348 g/mol. The van der Waals surface area contributed by atoms with E-state index in [2.05, 4.69) is 52.2 Å². The van der Waals surface area contributed by atoms with Crippen LogP contribution in [0.3, 0.4) is 0 Å². The van der Waals surface area contributed by atoms with E-state index in [1.54, 1.807) is 6.08 Å². The zero-order valence-electron chi connectivity index (χ0n) is 12.3. The van der Waals surface area contributed by atoms with Crippen molar-refractivity contribution in [2.24, 2.45) is 0 Å². The molecule has 1 heterocycles. The molecule has 0 spiro atoms. The molecule has 2 N–H and O–H groups in total. The fourth-order valence-corrected chi connectivity index (χ4v) is 2.13. The van der Waals surface area contributed by atoms with E-state index in [4.69, 9.17) is 0 Å². The lowest BCUT2D eigenvalue weighted by atomic mass is 9.92. The summed E-state index contributed by atoms with van der Waals surface area (Å²) in [5.41, 5.74) is 1.90. The molecule has 1 aromatic heterocycles. The molecule has 0 saturated carbocycles. The molecule has 0 fully saturated rings. The smallest absolute Gasteiger partial charge is 0.249 e. The molecular weight excluding hydrogens is 330 g/mol. The lowest BCUT2D eigenvalue weighted by molar-refractivity contribution is -0.111. The van der Waals surface area contributed by atoms with Crippen LogP contribution in [0.2, 0.25) is 0 Å². The molecule has 0 saturated heterocycles. The Labute approximate surface area is 132 Å². The van der Waals surface area contributed by atoms with Crippen molar-refractivity contribution in [3.05, 3.63) is 52.1 Å². The van der Waals surface area contributed by atoms with Gasteiger partial charge in [0.2, 0.25) is 5.91 Å². The van der Waals surface area contributed by atoms with E-state index < -0.39 is 0 Å². The van der Waals surface area contributed by atoms with Crippen molar-refractivity contribution in [1.29, 1.82) is 0 Å². The number of hydrogen-bond acceptors (Lipinski definition) is 2. The summed E-state index contributed by atoms with van der Waals surface area (Å²) in [6, 6.07) is 9.57. The number of carbonyl (C=O) groups is 1. The number of nitrogens with zero attached hydrogens (tertiary/aromatic N) is 1. The molecular formula is C16H18BrN3O. The van der Waals surface area contributed by atoms with Gasteiger partial charge in [-0.15, -0.1) is 0 Å². The highest BCUT2D eigenvalue weighted by molar-refractivity contribution is 9.10. The Hall–Kier alpha value is -1.88. The number of hydrogen-bond donors (Lipinski definition) is 2. The van der Waals surface area contributed by atoms with Gasteiger partial charge in [0.05, 0.1) is 0 Å². The molecule has 0 bridgehead atoms. The second-order valence-corrected chi connectivity index (χ2v) is 6.62. The molecule has 0 atom stereocenters. The highest BCUT2D eigenvalue weighted by atomic mass is 79.9. The largest absolute Gasteiger partial charge is 0.306 e. The number of halogens is 1. The zero-order chi connectivity index (χ0) is 15.5. The molecule has 21 heavy (non-hydrogen) atoms. The maximum absolute atomic E-state index is 11.9. The Morgan fingerprint density at radius 2 is 2.05 bits per heavy atom. The van der Waals surface area contributed by atoms with Crippen molar-refractivity contribution in [3.63, 3.8) is 0 Å². The maximum atomic E-state index is 11.9. The first-order valence-electron chi connectivity index (χ1n) is 6.66. The lowest BCUT2D eigenvalue weighted by Gasteiger charge is -2.14. The van der Waals surface area contributed by atoms with Gasteiger partial charge in [0.15, 0.2) is 5.82 Å². The summed E-state index contributed by atoms with van der Waals surface area (Å²) in [5.74, 6) is 0.319. The highest BCUT2D eigenvalue weighted by Crippen LogP contribution is 2.22. The second kappa shape index (κ2) is 6.26. The van der Waals surface area contributed by atoms with Gasteiger partial charge in [-0.3, -0.25) is 9.89 Å². The minimum Gasteiger partial charge on any atom is -0.306 e. The van der Waals surface area contributed by atoms with E-state index in [9.17, 15) is 4.79 Å². The molecule has 0 aliphatic carbocycles. The molecule has 0 aliphatic heterocycles. The summed E-state index contributed by atoms with van der Waals surface area (Å²) in [4.78, 5) is 11.9. The van der Waals surface area contributed by atoms with Crippen LogP contribution in [0.5, 0.6) is 0 Å². The number of nitrogens with one attached hydrogen (secondary N) is 2. The summed E-state index contributed by atoms with van der Waals surface area (Å²) >= 11 is 3.44. The normalized spacial score (nSPS) is 11.8. The number of anilines is 1. The minimum atomic E-state index is -0.210. The van der Waals surface area contributed by atoms with Crippen molar-refractivity contribution in [2.75, 3.05) is 5.32 Å². The summed E-state index contributed by atoms with van der Waals surface area (Å²) < 4.78 is 0.948. The molecule has 0 unspecified atom stereocenters. The summed E-state index contributed by atoms with van der Waals surface area (Å²) in [6.07, 6.45) is 3.25. The number of H-pyrrole nitrogens is 1. The van der Waals surface area contributed by atoms with Crippen LogP contribution in [-0.4, -0.2) is 16.1 Å². The Kier molecular flexibility index (Phi) is 4.63. The van der Waals surface area contributed by atoms with Crippen molar-refractivity contribution in [1.82, 2.24) is 10.2 Å². The predicted octanol–water partition coefficient (Wildman–Crippen LogP) is 4.12. The molecule has 5 heteroatoms. The van der Waals surface area contributed by atoms with E-state index in [0.717, 1.165) is 15.7 Å². The maximum Gasteiger partial charge on any atom is 0.249 e. The first-order valence-corrected chi connectivity index (χ1v) is 7.45. The Bertz CT molecular complexity index is 668. The van der Waals surface area contributed by atoms with Crippen LogP contribution in [0, 0.1) is 0 Å². The number of carbonyl (C=O) groups excluding carboxylic acids is 1. The first kappa shape index (κ1) is 15.5. The van der Waals surface area contributed by atoms with Gasteiger partial charge in [-0.1, -0.05) is 54.9 Å². The number of benzene rings is 1. The van der Waals surface area contributed by atoms with Gasteiger partial charge in [0.1, 0.15) is 0 Å². The van der Waals surface area contributed by atoms with Crippen LogP contribution in [0.4, 0.5) is 5.82 Å². The molecule has 2 aromatic rings. The fourth-order valence-electron chi connectivity index (χ4n) is 1.71. The number of aromatic nitrogens is 2. The Morgan fingerprint density at radius 3 is 2.67 bits per heavy atom. The van der Waals surface area contributed by atoms with Gasteiger partial charge < -0.3 is 5.32 Å². The summed E-state index contributed by atoms with van der Waals surface area (Å²) in [7, 11) is 0. The quantitative estimate of drug-likeness (QED) is 0.820. The number of rotatable bonds is 3. The molecule has 1 amide bonds. The SMILES string of the molecule is CC(C)(C)c1cc(NC(=O)/C=C/c2ccccc2Br)n[nH]1. The highest BCUT2D eigenvalue weighted by Gasteiger charge is 2.16. The van der Waals surface area contributed by atoms with Gasteiger partial charge in [0, 0.05) is 27.7 Å². The topological polar surface area (TPSA) is 57.8 Å². The Morgan fingerprint density at radius 1 is 1.33 bits per heavy atom. The van der Waals surface area contributed by atoms with Crippen molar-refractivity contribution in [2.45, 2.75) is 26.2 Å². The molecule has 2 rings (SSSR count). The summed E-state index contributed by atoms with van der Waals surface area (Å²) in [6.45, 7) is 6.25. The van der Waals surface area contributed by atoms with Crippen LogP contribution >= 0.6 is 15.9 Å². The van der Waals surface area contributed by atoms with Crippen LogP contribution < -0.4 is 5.32 Å². The van der Waals surface area contributed by atoms with E-state index in [1.807, 2.05) is 30.3 Å². The van der Waals surface area contributed by atoms with Crippen LogP contribution in [-0.2, 0) is 10.2 Å². The Balaban J connectivity index is 2.02. The van der Waals surface area contributed by atoms with Gasteiger partial charge in [0.25, 0.3) is 0 Å². The zero-order valence-corrected chi connectivity index (χ0v) is 13.9. The third kappa shape index (κ3) is 4.29. The van der Waals surface area contributed by atoms with E-state index in [-0.39, 0.29) is 11.3 Å². The fraction of sp³-hybridized carbons (Fsp3) is 0.250. The van der Waals surface area contributed by atoms with Gasteiger partial charge in [-0.2, -0.15) is 5.10 Å². The van der Waals surface area contributed by atoms with E-state index in [1.165, 1.54) is 6.08 Å².